The van der Waals surface area contributed by atoms with E-state index in [9.17, 15) is 4.79 Å². The molecular formula is C24H31N3O2S. The summed E-state index contributed by atoms with van der Waals surface area (Å²) in [4.78, 5) is 22.4. The summed E-state index contributed by atoms with van der Waals surface area (Å²) in [5, 5.41) is 1.30. The van der Waals surface area contributed by atoms with Gasteiger partial charge in [-0.2, -0.15) is 0 Å². The van der Waals surface area contributed by atoms with Crippen LogP contribution in [-0.2, 0) is 10.2 Å². The molecule has 4 heterocycles. The van der Waals surface area contributed by atoms with Gasteiger partial charge >= 0.3 is 6.09 Å². The number of amides is 1. The Morgan fingerprint density at radius 2 is 2.03 bits per heavy atom. The van der Waals surface area contributed by atoms with Crippen LogP contribution in [-0.4, -0.2) is 52.7 Å². The standard InChI is InChI=1S/C24H31N3O2S/c1-16-5-7-19(27(14-16)22(28)29-23(2,3)4)17-6-8-20-18(13-17)25-21(30-20)24-9-11-26(15-24)12-10-24/h6-8,13,16H,5,9-12,14-15H2,1-4H3/t16-/m0/s1. The number of carbonyl (C=O) groups excluding carboxylic acids is 1. The second-order valence-corrected chi connectivity index (χ2v) is 11.3. The number of hydrogen-bond donors (Lipinski definition) is 0. The number of fused-ring (bicyclic) bond motifs is 3. The molecule has 0 aliphatic carbocycles. The molecule has 6 heteroatoms. The Balaban J connectivity index is 1.47. The minimum Gasteiger partial charge on any atom is -0.443 e. The van der Waals surface area contributed by atoms with Crippen molar-refractivity contribution in [3.8, 4) is 0 Å². The number of nitrogens with zero attached hydrogens (tertiary/aromatic N) is 3. The summed E-state index contributed by atoms with van der Waals surface area (Å²) in [6, 6.07) is 6.47. The highest BCUT2D eigenvalue weighted by molar-refractivity contribution is 7.18. The second kappa shape index (κ2) is 7.06. The molecule has 3 aliphatic heterocycles. The number of ether oxygens (including phenoxy) is 1. The number of aromatic nitrogens is 1. The Morgan fingerprint density at radius 1 is 1.27 bits per heavy atom. The highest BCUT2D eigenvalue weighted by Gasteiger charge is 2.46. The number of benzene rings is 1. The van der Waals surface area contributed by atoms with Gasteiger partial charge in [-0.3, -0.25) is 4.90 Å². The fraction of sp³-hybridized carbons (Fsp3) is 0.583. The van der Waals surface area contributed by atoms with Crippen LogP contribution in [0, 0.1) is 5.92 Å². The first-order valence-electron chi connectivity index (χ1n) is 11.1. The van der Waals surface area contributed by atoms with Gasteiger partial charge in [0.05, 0.1) is 15.9 Å². The number of piperidine rings is 1. The number of carbonyl (C=O) groups is 1. The van der Waals surface area contributed by atoms with Gasteiger partial charge in [-0.05, 0) is 71.2 Å². The summed E-state index contributed by atoms with van der Waals surface area (Å²) in [6.07, 6.45) is 5.34. The molecule has 0 unspecified atom stereocenters. The summed E-state index contributed by atoms with van der Waals surface area (Å²) < 4.78 is 6.93. The zero-order valence-corrected chi connectivity index (χ0v) is 19.2. The Kier molecular flexibility index (Phi) is 4.71. The maximum absolute atomic E-state index is 12.9. The molecule has 2 aromatic rings. The fourth-order valence-corrected chi connectivity index (χ4v) is 6.17. The fourth-order valence-electron chi connectivity index (χ4n) is 4.99. The lowest BCUT2D eigenvalue weighted by Gasteiger charge is -2.33. The first kappa shape index (κ1) is 20.0. The Morgan fingerprint density at radius 3 is 2.70 bits per heavy atom. The lowest BCUT2D eigenvalue weighted by atomic mass is 9.85. The summed E-state index contributed by atoms with van der Waals surface area (Å²) >= 11 is 1.85. The molecule has 30 heavy (non-hydrogen) atoms. The van der Waals surface area contributed by atoms with Crippen LogP contribution in [0.5, 0.6) is 0 Å². The van der Waals surface area contributed by atoms with Crippen molar-refractivity contribution < 1.29 is 9.53 Å². The third-order valence-corrected chi connectivity index (χ3v) is 7.87. The van der Waals surface area contributed by atoms with Crippen molar-refractivity contribution in [3.05, 3.63) is 34.8 Å². The van der Waals surface area contributed by atoms with Crippen LogP contribution in [0.3, 0.4) is 0 Å². The first-order chi connectivity index (χ1) is 14.2. The molecule has 1 aromatic heterocycles. The summed E-state index contributed by atoms with van der Waals surface area (Å²) in [6.45, 7) is 12.2. The van der Waals surface area contributed by atoms with Gasteiger partial charge in [-0.25, -0.2) is 9.78 Å². The van der Waals surface area contributed by atoms with E-state index in [0.717, 1.165) is 29.7 Å². The number of rotatable bonds is 2. The van der Waals surface area contributed by atoms with Gasteiger partial charge in [0.25, 0.3) is 0 Å². The van der Waals surface area contributed by atoms with Crippen LogP contribution in [0.15, 0.2) is 24.3 Å². The molecule has 0 spiro atoms. The Bertz CT molecular complexity index is 1010. The maximum Gasteiger partial charge on any atom is 0.414 e. The van der Waals surface area contributed by atoms with Gasteiger partial charge in [-0.15, -0.1) is 11.3 Å². The molecule has 1 amide bonds. The van der Waals surface area contributed by atoms with E-state index in [1.807, 2.05) is 32.1 Å². The second-order valence-electron chi connectivity index (χ2n) is 10.3. The van der Waals surface area contributed by atoms with Gasteiger partial charge in [0.1, 0.15) is 10.6 Å². The summed E-state index contributed by atoms with van der Waals surface area (Å²) in [7, 11) is 0. The molecule has 160 valence electrons. The molecule has 5 nitrogen and oxygen atoms in total. The highest BCUT2D eigenvalue weighted by Crippen LogP contribution is 2.45. The van der Waals surface area contributed by atoms with Crippen LogP contribution in [0.4, 0.5) is 4.79 Å². The van der Waals surface area contributed by atoms with E-state index in [0.29, 0.717) is 12.5 Å². The minimum atomic E-state index is -0.508. The number of hydrogen-bond acceptors (Lipinski definition) is 5. The van der Waals surface area contributed by atoms with Crippen LogP contribution in [0.25, 0.3) is 15.9 Å². The Hall–Kier alpha value is -1.92. The molecule has 2 fully saturated rings. The van der Waals surface area contributed by atoms with Gasteiger partial charge < -0.3 is 9.64 Å². The SMILES string of the molecule is C[C@H]1CC=C(c2ccc3sc(C45CCN(CC4)C5)nc3c2)N(C(=O)OC(C)(C)C)C1. The van der Waals surface area contributed by atoms with Crippen molar-refractivity contribution >= 4 is 33.3 Å². The maximum atomic E-state index is 12.9. The molecule has 0 N–H and O–H groups in total. The molecule has 2 saturated heterocycles. The van der Waals surface area contributed by atoms with Crippen molar-refractivity contribution in [2.24, 2.45) is 5.92 Å². The third kappa shape index (κ3) is 3.54. The molecule has 1 aromatic carbocycles. The van der Waals surface area contributed by atoms with Crippen molar-refractivity contribution in [1.29, 1.82) is 0 Å². The topological polar surface area (TPSA) is 45.7 Å². The van der Waals surface area contributed by atoms with Gasteiger partial charge in [-0.1, -0.05) is 19.1 Å². The van der Waals surface area contributed by atoms with Crippen LogP contribution < -0.4 is 0 Å². The third-order valence-electron chi connectivity index (χ3n) is 6.59. The molecule has 0 radical (unpaired) electrons. The monoisotopic (exact) mass is 425 g/mol. The summed E-state index contributed by atoms with van der Waals surface area (Å²) in [5.41, 5.74) is 2.81. The normalized spacial score (nSPS) is 28.8. The Labute approximate surface area is 182 Å². The minimum absolute atomic E-state index is 0.268. The van der Waals surface area contributed by atoms with Crippen LogP contribution in [0.1, 0.15) is 57.5 Å². The summed E-state index contributed by atoms with van der Waals surface area (Å²) in [5.74, 6) is 0.419. The quantitative estimate of drug-likeness (QED) is 0.658. The van der Waals surface area contributed by atoms with E-state index in [4.69, 9.17) is 9.72 Å². The lowest BCUT2D eigenvalue weighted by molar-refractivity contribution is 0.0327. The van der Waals surface area contributed by atoms with E-state index in [2.05, 4.69) is 36.1 Å². The molecule has 0 saturated carbocycles. The molecule has 5 rings (SSSR count). The molecular weight excluding hydrogens is 394 g/mol. The van der Waals surface area contributed by atoms with E-state index >= 15 is 0 Å². The number of thiazole rings is 1. The molecule has 2 bridgehead atoms. The van der Waals surface area contributed by atoms with E-state index in [1.165, 1.54) is 35.6 Å². The lowest BCUT2D eigenvalue weighted by Crippen LogP contribution is -2.39. The number of allylic oxidation sites excluding steroid dienone is 1. The van der Waals surface area contributed by atoms with Crippen molar-refractivity contribution in [3.63, 3.8) is 0 Å². The zero-order chi connectivity index (χ0) is 21.1. The average molecular weight is 426 g/mol. The van der Waals surface area contributed by atoms with Crippen molar-refractivity contribution in [1.82, 2.24) is 14.8 Å². The predicted octanol–water partition coefficient (Wildman–Crippen LogP) is 5.26. The average Bonchev–Trinajstić information content (AvgIpc) is 3.40. The highest BCUT2D eigenvalue weighted by atomic mass is 32.1. The zero-order valence-electron chi connectivity index (χ0n) is 18.4. The van der Waals surface area contributed by atoms with Crippen LogP contribution in [0.2, 0.25) is 0 Å². The smallest absolute Gasteiger partial charge is 0.414 e. The van der Waals surface area contributed by atoms with Gasteiger partial charge in [0.15, 0.2) is 0 Å². The van der Waals surface area contributed by atoms with Crippen molar-refractivity contribution in [2.75, 3.05) is 26.2 Å². The van der Waals surface area contributed by atoms with E-state index in [-0.39, 0.29) is 11.5 Å². The molecule has 1 atom stereocenters. The van der Waals surface area contributed by atoms with Crippen molar-refractivity contribution in [2.45, 2.75) is 58.0 Å². The van der Waals surface area contributed by atoms with E-state index in [1.54, 1.807) is 4.90 Å². The first-order valence-corrected chi connectivity index (χ1v) is 11.9. The largest absolute Gasteiger partial charge is 0.443 e. The van der Waals surface area contributed by atoms with Crippen LogP contribution >= 0.6 is 11.3 Å². The van der Waals surface area contributed by atoms with Gasteiger partial charge in [0, 0.05) is 24.1 Å². The van der Waals surface area contributed by atoms with Gasteiger partial charge in [0.2, 0.25) is 0 Å². The molecule has 3 aliphatic rings. The van der Waals surface area contributed by atoms with E-state index < -0.39 is 5.60 Å². The predicted molar refractivity (Wildman–Crippen MR) is 122 cm³/mol.